The number of allylic oxidation sites excluding steroid dienone is 1. The maximum atomic E-state index is 15.1. The summed E-state index contributed by atoms with van der Waals surface area (Å²) in [6.07, 6.45) is 11.6. The van der Waals surface area contributed by atoms with Crippen LogP contribution >= 0.6 is 11.6 Å². The number of aryl methyl sites for hydroxylation is 2. The summed E-state index contributed by atoms with van der Waals surface area (Å²) in [5.74, 6) is 1.57. The zero-order valence-electron chi connectivity index (χ0n) is 39.8. The maximum Gasteiger partial charge on any atom is 0.317 e. The molecule has 3 heterocycles. The van der Waals surface area contributed by atoms with E-state index in [9.17, 15) is 18.8 Å². The van der Waals surface area contributed by atoms with E-state index in [4.69, 9.17) is 39.2 Å². The molecule has 12 nitrogen and oxygen atoms in total. The molecule has 0 spiro atoms. The van der Waals surface area contributed by atoms with Crippen LogP contribution < -0.4 is 27.3 Å². The van der Waals surface area contributed by atoms with Crippen LogP contribution in [0.1, 0.15) is 117 Å². The molecule has 354 valence electrons. The van der Waals surface area contributed by atoms with Crippen LogP contribution in [0.3, 0.4) is 0 Å². The van der Waals surface area contributed by atoms with E-state index in [-0.39, 0.29) is 47.3 Å². The number of aromatic nitrogens is 2. The van der Waals surface area contributed by atoms with E-state index >= 15 is 4.39 Å². The SMILES string of the molecule is C#CC(=C)c1c(-c2c(Cl)cc3c(C)nc(OCC4(C)CC(F)CN(CCCCCCC(=O)NC(C)C(C)(C)C)C4)nc3c2C)ccc(F)c1N.CC.CN.NC(=O)[C@@H]1CCCN1C=O. The highest BCUT2D eigenvalue weighted by Crippen LogP contribution is 2.42. The molecule has 2 fully saturated rings. The van der Waals surface area contributed by atoms with Crippen LogP contribution in [0.15, 0.2) is 24.8 Å². The smallest absolute Gasteiger partial charge is 0.317 e. The lowest BCUT2D eigenvalue weighted by molar-refractivity contribution is -0.128. The van der Waals surface area contributed by atoms with E-state index < -0.39 is 23.3 Å². The summed E-state index contributed by atoms with van der Waals surface area (Å²) in [6.45, 7) is 24.9. The number of nitrogen functional groups attached to an aromatic ring is 1. The molecule has 4 atom stereocenters. The highest BCUT2D eigenvalue weighted by Gasteiger charge is 2.37. The molecule has 0 saturated carbocycles. The maximum absolute atomic E-state index is 15.1. The molecule has 0 bridgehead atoms. The average Bonchev–Trinajstić information content (AvgIpc) is 3.74. The van der Waals surface area contributed by atoms with E-state index in [0.717, 1.165) is 49.6 Å². The number of fused-ring (bicyclic) bond motifs is 1. The summed E-state index contributed by atoms with van der Waals surface area (Å²) >= 11 is 6.82. The second-order valence-corrected chi connectivity index (χ2v) is 18.1. The topological polar surface area (TPSA) is 183 Å². The zero-order chi connectivity index (χ0) is 48.5. The molecule has 2 aliphatic heterocycles. The summed E-state index contributed by atoms with van der Waals surface area (Å²) in [5, 5.41) is 4.25. The predicted octanol–water partition coefficient (Wildman–Crippen LogP) is 8.56. The number of carbonyl (C=O) groups is 3. The number of terminal acetylenes is 1. The van der Waals surface area contributed by atoms with Crippen LogP contribution in [-0.4, -0.2) is 96.1 Å². The number of ether oxygens (including phenoxy) is 1. The fraction of sp³-hybridized carbons (Fsp3) is 0.571. The number of nitrogens with one attached hydrogen (secondary N) is 1. The van der Waals surface area contributed by atoms with Crippen LogP contribution in [0.4, 0.5) is 14.5 Å². The molecule has 2 aromatic carbocycles. The number of benzene rings is 2. The third-order valence-corrected chi connectivity index (χ3v) is 12.0. The van der Waals surface area contributed by atoms with Crippen molar-refractivity contribution in [1.29, 1.82) is 0 Å². The molecule has 3 aromatic rings. The molecule has 5 rings (SSSR count). The third kappa shape index (κ3) is 15.1. The van der Waals surface area contributed by atoms with Gasteiger partial charge in [-0.25, -0.2) is 8.78 Å². The third-order valence-electron chi connectivity index (χ3n) is 11.7. The normalized spacial score (nSPS) is 18.8. The van der Waals surface area contributed by atoms with Crippen molar-refractivity contribution in [3.8, 4) is 29.5 Å². The van der Waals surface area contributed by atoms with Crippen LogP contribution in [-0.2, 0) is 14.4 Å². The molecule has 2 aliphatic rings. The minimum atomic E-state index is -0.966. The lowest BCUT2D eigenvalue weighted by atomic mass is 9.82. The number of amides is 3. The predicted molar refractivity (Wildman–Crippen MR) is 258 cm³/mol. The van der Waals surface area contributed by atoms with E-state index in [0.29, 0.717) is 78.2 Å². The summed E-state index contributed by atoms with van der Waals surface area (Å²) < 4.78 is 35.8. The van der Waals surface area contributed by atoms with Gasteiger partial charge in [0.15, 0.2) is 0 Å². The minimum Gasteiger partial charge on any atom is -0.463 e. The Kier molecular flexibility index (Phi) is 22.1. The lowest BCUT2D eigenvalue weighted by Gasteiger charge is -2.41. The van der Waals surface area contributed by atoms with Crippen LogP contribution in [0.2, 0.25) is 5.02 Å². The van der Waals surface area contributed by atoms with E-state index in [1.54, 1.807) is 12.1 Å². The molecule has 0 aliphatic carbocycles. The van der Waals surface area contributed by atoms with E-state index in [2.05, 4.69) is 54.2 Å². The molecular formula is C49H73ClF2N8O4. The second-order valence-electron chi connectivity index (χ2n) is 17.7. The summed E-state index contributed by atoms with van der Waals surface area (Å²) in [4.78, 5) is 46.1. The first kappa shape index (κ1) is 55.3. The van der Waals surface area contributed by atoms with Gasteiger partial charge in [0, 0.05) is 64.6 Å². The number of piperidine rings is 1. The Morgan fingerprint density at radius 2 is 1.83 bits per heavy atom. The van der Waals surface area contributed by atoms with Crippen LogP contribution in [0, 0.1) is 42.8 Å². The largest absolute Gasteiger partial charge is 0.463 e. The summed E-state index contributed by atoms with van der Waals surface area (Å²) in [7, 11) is 1.50. The monoisotopic (exact) mass is 911 g/mol. The van der Waals surface area contributed by atoms with Crippen molar-refractivity contribution in [2.75, 3.05) is 45.6 Å². The Morgan fingerprint density at radius 1 is 1.17 bits per heavy atom. The Balaban J connectivity index is 0.000000867. The minimum absolute atomic E-state index is 0.0313. The van der Waals surface area contributed by atoms with Crippen molar-refractivity contribution in [2.24, 2.45) is 22.3 Å². The molecule has 0 radical (unpaired) electrons. The van der Waals surface area contributed by atoms with Gasteiger partial charge in [-0.15, -0.1) is 6.42 Å². The van der Waals surface area contributed by atoms with Gasteiger partial charge in [-0.1, -0.05) is 84.6 Å². The van der Waals surface area contributed by atoms with Gasteiger partial charge in [-0.3, -0.25) is 19.3 Å². The Bertz CT molecular complexity index is 2110. The van der Waals surface area contributed by atoms with Gasteiger partial charge in [0.25, 0.3) is 0 Å². The van der Waals surface area contributed by atoms with E-state index in [1.807, 2.05) is 41.5 Å². The molecule has 3 amide bonds. The van der Waals surface area contributed by atoms with Gasteiger partial charge in [0.05, 0.1) is 23.5 Å². The van der Waals surface area contributed by atoms with Crippen molar-refractivity contribution >= 4 is 52.0 Å². The van der Waals surface area contributed by atoms with Crippen LogP contribution in [0.25, 0.3) is 27.6 Å². The van der Waals surface area contributed by atoms with Crippen molar-refractivity contribution in [1.82, 2.24) is 25.1 Å². The fourth-order valence-corrected chi connectivity index (χ4v) is 8.25. The number of halogens is 3. The number of nitrogens with zero attached hydrogens (tertiary/aromatic N) is 4. The van der Waals surface area contributed by atoms with Crippen molar-refractivity contribution in [2.45, 2.75) is 132 Å². The van der Waals surface area contributed by atoms with Gasteiger partial charge in [-0.2, -0.15) is 9.97 Å². The summed E-state index contributed by atoms with van der Waals surface area (Å²) in [5.41, 5.74) is 18.8. The van der Waals surface area contributed by atoms with Gasteiger partial charge in [0.2, 0.25) is 18.2 Å². The first-order valence-electron chi connectivity index (χ1n) is 22.3. The highest BCUT2D eigenvalue weighted by atomic mass is 35.5. The molecule has 64 heavy (non-hydrogen) atoms. The Hall–Kier alpha value is -4.84. The zero-order valence-corrected chi connectivity index (χ0v) is 40.6. The van der Waals surface area contributed by atoms with Gasteiger partial charge >= 0.3 is 6.01 Å². The fourth-order valence-electron chi connectivity index (χ4n) is 7.89. The molecule has 1 aromatic heterocycles. The Labute approximate surface area is 385 Å². The molecule has 3 unspecified atom stereocenters. The van der Waals surface area contributed by atoms with Crippen molar-refractivity contribution < 1.29 is 27.9 Å². The molecular weight excluding hydrogens is 838 g/mol. The second kappa shape index (κ2) is 25.6. The van der Waals surface area contributed by atoms with Gasteiger partial charge < -0.3 is 32.2 Å². The number of nitrogens with two attached hydrogens (primary N) is 3. The molecule has 15 heteroatoms. The van der Waals surface area contributed by atoms with Gasteiger partial charge in [-0.05, 0) is 95.1 Å². The van der Waals surface area contributed by atoms with Gasteiger partial charge in [0.1, 0.15) is 18.0 Å². The average molecular weight is 912 g/mol. The number of carbonyl (C=O) groups excluding carboxylic acids is 3. The standard InChI is InChI=1S/C40H52ClF2N5O2.C6H10N2O2.C2H6.CH5N/c1-10-24(2)34-29(16-17-32(43)36(34)44)35-25(3)37-30(19-31(35)41)26(4)45-38(47-37)50-23-40(9)20-28(42)21-48(22-40)18-14-12-11-13-15-33(49)46-27(5)39(6,7)8;7-6(10)5-2-1-3-8(5)4-9;2*1-2/h1,16-17,19,27-28H,2,11-15,18,20-23,44H2,3-9H3,(H,46,49);4-5H,1-3H2,(H2,7,10);1-2H3;2H2,1H3/t;5-;;/m.0../s1. The number of rotatable bonds is 15. The lowest BCUT2D eigenvalue weighted by Crippen LogP contribution is -2.49. The van der Waals surface area contributed by atoms with Crippen molar-refractivity contribution in [3.05, 3.63) is 52.4 Å². The summed E-state index contributed by atoms with van der Waals surface area (Å²) in [6, 6.07) is 4.60. The molecule has 2 saturated heterocycles. The number of hydrogen-bond donors (Lipinski definition) is 4. The number of alkyl halides is 1. The molecule has 7 N–H and O–H groups in total. The first-order chi connectivity index (χ1) is 30.2. The highest BCUT2D eigenvalue weighted by molar-refractivity contribution is 6.34. The number of likely N-dealkylation sites (tertiary alicyclic amines) is 2. The number of primary amides is 1. The number of anilines is 1. The first-order valence-corrected chi connectivity index (χ1v) is 22.7. The Morgan fingerprint density at radius 3 is 2.42 bits per heavy atom. The van der Waals surface area contributed by atoms with Crippen molar-refractivity contribution in [3.63, 3.8) is 0 Å². The number of unbranched alkanes of at least 4 members (excludes halogenated alkanes) is 3. The quantitative estimate of drug-likeness (QED) is 0.0503. The number of hydrogen-bond acceptors (Lipinski definition) is 9. The van der Waals surface area contributed by atoms with E-state index in [1.165, 1.54) is 18.0 Å². The van der Waals surface area contributed by atoms with Crippen LogP contribution in [0.5, 0.6) is 6.01 Å².